The Morgan fingerprint density at radius 2 is 2.29 bits per heavy atom. The molecule has 0 fully saturated rings. The van der Waals surface area contributed by atoms with Gasteiger partial charge in [-0.2, -0.15) is 0 Å². The normalized spacial score (nSPS) is 10.5. The molecule has 0 unspecified atom stereocenters. The molecule has 1 heterocycles. The van der Waals surface area contributed by atoms with Gasteiger partial charge in [0.1, 0.15) is 0 Å². The standard InChI is InChI=1S/C11H18N2O/c1-9(2)4-3-7-14-11-8-10(12)5-6-13-11/h5-6,8-9H,3-4,7H2,1-2H3,(H2,12,13). The van der Waals surface area contributed by atoms with Crippen LogP contribution in [-0.2, 0) is 0 Å². The van der Waals surface area contributed by atoms with Crippen molar-refractivity contribution in [1.29, 1.82) is 0 Å². The molecule has 0 aliphatic carbocycles. The van der Waals surface area contributed by atoms with E-state index in [1.54, 1.807) is 18.3 Å². The van der Waals surface area contributed by atoms with Crippen LogP contribution in [0.3, 0.4) is 0 Å². The van der Waals surface area contributed by atoms with Crippen LogP contribution in [0, 0.1) is 5.92 Å². The monoisotopic (exact) mass is 194 g/mol. The SMILES string of the molecule is CC(C)CCCOc1cc(N)ccn1. The van der Waals surface area contributed by atoms with E-state index < -0.39 is 0 Å². The molecule has 3 nitrogen and oxygen atoms in total. The molecule has 0 spiro atoms. The number of rotatable bonds is 5. The number of anilines is 1. The third-order valence-electron chi connectivity index (χ3n) is 1.93. The van der Waals surface area contributed by atoms with E-state index in [0.29, 0.717) is 18.2 Å². The van der Waals surface area contributed by atoms with Crippen LogP contribution < -0.4 is 10.5 Å². The maximum atomic E-state index is 5.59. The molecule has 1 rings (SSSR count). The molecular formula is C11H18N2O. The number of ether oxygens (including phenoxy) is 1. The molecule has 78 valence electrons. The lowest BCUT2D eigenvalue weighted by Crippen LogP contribution is -2.01. The summed E-state index contributed by atoms with van der Waals surface area (Å²) >= 11 is 0. The largest absolute Gasteiger partial charge is 0.478 e. The molecule has 0 aliphatic heterocycles. The molecule has 0 saturated carbocycles. The predicted molar refractivity (Wildman–Crippen MR) is 58.2 cm³/mol. The van der Waals surface area contributed by atoms with Crippen molar-refractivity contribution in [3.8, 4) is 5.88 Å². The molecule has 0 saturated heterocycles. The van der Waals surface area contributed by atoms with E-state index in [9.17, 15) is 0 Å². The third-order valence-corrected chi connectivity index (χ3v) is 1.93. The van der Waals surface area contributed by atoms with Gasteiger partial charge < -0.3 is 10.5 Å². The lowest BCUT2D eigenvalue weighted by atomic mass is 10.1. The summed E-state index contributed by atoms with van der Waals surface area (Å²) in [7, 11) is 0. The van der Waals surface area contributed by atoms with E-state index in [2.05, 4.69) is 18.8 Å². The van der Waals surface area contributed by atoms with Crippen LogP contribution in [0.1, 0.15) is 26.7 Å². The van der Waals surface area contributed by atoms with Crippen LogP contribution in [0.25, 0.3) is 0 Å². The van der Waals surface area contributed by atoms with Crippen LogP contribution in [0.15, 0.2) is 18.3 Å². The minimum Gasteiger partial charge on any atom is -0.478 e. The first kappa shape index (κ1) is 10.8. The summed E-state index contributed by atoms with van der Waals surface area (Å²) in [6.45, 7) is 5.13. The second kappa shape index (κ2) is 5.47. The fraction of sp³-hybridized carbons (Fsp3) is 0.545. The smallest absolute Gasteiger partial charge is 0.215 e. The van der Waals surface area contributed by atoms with Gasteiger partial charge in [-0.1, -0.05) is 13.8 Å². The Balaban J connectivity index is 2.25. The number of pyridine rings is 1. The molecule has 0 atom stereocenters. The quantitative estimate of drug-likeness (QED) is 0.732. The Hall–Kier alpha value is -1.25. The van der Waals surface area contributed by atoms with Gasteiger partial charge in [0.25, 0.3) is 0 Å². The van der Waals surface area contributed by atoms with Gasteiger partial charge in [-0.3, -0.25) is 0 Å². The highest BCUT2D eigenvalue weighted by atomic mass is 16.5. The van der Waals surface area contributed by atoms with Gasteiger partial charge in [-0.15, -0.1) is 0 Å². The first-order valence-electron chi connectivity index (χ1n) is 5.03. The van der Waals surface area contributed by atoms with Crippen molar-refractivity contribution in [2.75, 3.05) is 12.3 Å². The predicted octanol–water partition coefficient (Wildman–Crippen LogP) is 2.48. The maximum absolute atomic E-state index is 5.59. The van der Waals surface area contributed by atoms with Crippen LogP contribution in [0.5, 0.6) is 5.88 Å². The van der Waals surface area contributed by atoms with Gasteiger partial charge in [0.15, 0.2) is 0 Å². The zero-order valence-electron chi connectivity index (χ0n) is 8.86. The number of hydrogen-bond donors (Lipinski definition) is 1. The molecule has 0 aromatic carbocycles. The van der Waals surface area contributed by atoms with Crippen molar-refractivity contribution in [2.45, 2.75) is 26.7 Å². The summed E-state index contributed by atoms with van der Waals surface area (Å²) in [6, 6.07) is 3.50. The van der Waals surface area contributed by atoms with E-state index in [1.807, 2.05) is 0 Å². The van der Waals surface area contributed by atoms with Crippen molar-refractivity contribution in [3.05, 3.63) is 18.3 Å². The molecule has 0 aliphatic rings. The Morgan fingerprint density at radius 1 is 1.50 bits per heavy atom. The Labute approximate surface area is 85.3 Å². The maximum Gasteiger partial charge on any atom is 0.215 e. The number of nitrogen functional groups attached to an aromatic ring is 1. The Bertz CT molecular complexity index is 274. The average molecular weight is 194 g/mol. The number of nitrogens with zero attached hydrogens (tertiary/aromatic N) is 1. The van der Waals surface area contributed by atoms with E-state index in [-0.39, 0.29) is 0 Å². The highest BCUT2D eigenvalue weighted by Gasteiger charge is 1.97. The highest BCUT2D eigenvalue weighted by Crippen LogP contribution is 2.11. The number of hydrogen-bond acceptors (Lipinski definition) is 3. The second-order valence-corrected chi connectivity index (χ2v) is 3.81. The summed E-state index contributed by atoms with van der Waals surface area (Å²) in [4.78, 5) is 4.05. The van der Waals surface area contributed by atoms with Crippen molar-refractivity contribution in [3.63, 3.8) is 0 Å². The topological polar surface area (TPSA) is 48.1 Å². The lowest BCUT2D eigenvalue weighted by molar-refractivity contribution is 0.287. The van der Waals surface area contributed by atoms with Crippen molar-refractivity contribution in [2.24, 2.45) is 5.92 Å². The van der Waals surface area contributed by atoms with Crippen LogP contribution in [0.2, 0.25) is 0 Å². The Kier molecular flexibility index (Phi) is 4.23. The summed E-state index contributed by atoms with van der Waals surface area (Å²) in [6.07, 6.45) is 3.91. The number of aromatic nitrogens is 1. The van der Waals surface area contributed by atoms with E-state index >= 15 is 0 Å². The average Bonchev–Trinajstić information content (AvgIpc) is 2.12. The van der Waals surface area contributed by atoms with E-state index in [0.717, 1.165) is 12.3 Å². The van der Waals surface area contributed by atoms with Gasteiger partial charge >= 0.3 is 0 Å². The summed E-state index contributed by atoms with van der Waals surface area (Å²) < 4.78 is 5.45. The van der Waals surface area contributed by atoms with E-state index in [4.69, 9.17) is 10.5 Å². The van der Waals surface area contributed by atoms with Crippen LogP contribution >= 0.6 is 0 Å². The first-order valence-corrected chi connectivity index (χ1v) is 5.03. The van der Waals surface area contributed by atoms with Gasteiger partial charge in [-0.05, 0) is 24.8 Å². The highest BCUT2D eigenvalue weighted by molar-refractivity contribution is 5.39. The lowest BCUT2D eigenvalue weighted by Gasteiger charge is -2.06. The number of nitrogens with two attached hydrogens (primary N) is 1. The third kappa shape index (κ3) is 4.12. The second-order valence-electron chi connectivity index (χ2n) is 3.81. The summed E-state index contributed by atoms with van der Waals surface area (Å²) in [5.74, 6) is 1.35. The molecule has 3 heteroatoms. The minimum absolute atomic E-state index is 0.619. The summed E-state index contributed by atoms with van der Waals surface area (Å²) in [5, 5.41) is 0. The Morgan fingerprint density at radius 3 is 2.93 bits per heavy atom. The van der Waals surface area contributed by atoms with Gasteiger partial charge in [0.2, 0.25) is 5.88 Å². The molecule has 0 bridgehead atoms. The zero-order valence-corrected chi connectivity index (χ0v) is 8.86. The fourth-order valence-corrected chi connectivity index (χ4v) is 1.17. The van der Waals surface area contributed by atoms with Crippen LogP contribution in [0.4, 0.5) is 5.69 Å². The molecule has 14 heavy (non-hydrogen) atoms. The van der Waals surface area contributed by atoms with E-state index in [1.165, 1.54) is 6.42 Å². The van der Waals surface area contributed by atoms with Gasteiger partial charge in [0.05, 0.1) is 6.61 Å². The minimum atomic E-state index is 0.619. The molecule has 1 aromatic rings. The molecule has 1 aromatic heterocycles. The van der Waals surface area contributed by atoms with Gasteiger partial charge in [-0.25, -0.2) is 4.98 Å². The molecular weight excluding hydrogens is 176 g/mol. The first-order chi connectivity index (χ1) is 6.68. The molecule has 0 amide bonds. The fourth-order valence-electron chi connectivity index (χ4n) is 1.17. The molecule has 0 radical (unpaired) electrons. The van der Waals surface area contributed by atoms with Crippen molar-refractivity contribution in [1.82, 2.24) is 4.98 Å². The summed E-state index contributed by atoms with van der Waals surface area (Å²) in [5.41, 5.74) is 6.28. The van der Waals surface area contributed by atoms with Crippen LogP contribution in [-0.4, -0.2) is 11.6 Å². The van der Waals surface area contributed by atoms with Gasteiger partial charge in [0, 0.05) is 18.0 Å². The van der Waals surface area contributed by atoms with Crippen molar-refractivity contribution < 1.29 is 4.74 Å². The molecule has 2 N–H and O–H groups in total. The zero-order chi connectivity index (χ0) is 10.4. The van der Waals surface area contributed by atoms with Crippen molar-refractivity contribution >= 4 is 5.69 Å².